The molecule has 5 heteroatoms. The van der Waals surface area contributed by atoms with Crippen molar-refractivity contribution >= 4 is 17.1 Å². The highest BCUT2D eigenvalue weighted by Crippen LogP contribution is 2.13. The van der Waals surface area contributed by atoms with Crippen molar-refractivity contribution in [2.75, 3.05) is 0 Å². The summed E-state index contributed by atoms with van der Waals surface area (Å²) in [5.41, 5.74) is 0.213. The van der Waals surface area contributed by atoms with E-state index in [1.807, 2.05) is 0 Å². The first-order chi connectivity index (χ1) is 6.48. The second-order valence-corrected chi connectivity index (χ2v) is 2.66. The maximum absolute atomic E-state index is 9.14. The van der Waals surface area contributed by atoms with E-state index in [-0.39, 0.29) is 5.69 Å². The lowest BCUT2D eigenvalue weighted by molar-refractivity contribution is 0.278. The van der Waals surface area contributed by atoms with Crippen LogP contribution in [-0.4, -0.2) is 19.9 Å². The number of rotatable bonds is 1. The van der Waals surface area contributed by atoms with Crippen LogP contribution in [-0.2, 0) is 6.56 Å². The fourth-order valence-electron chi connectivity index (χ4n) is 0.946. The Bertz CT molecular complexity index is 479. The van der Waals surface area contributed by atoms with Crippen LogP contribution in [0.25, 0.3) is 5.52 Å². The molecule has 0 aliphatic rings. The average Bonchev–Trinajstić information content (AvgIpc) is 2.45. The first kappa shape index (κ1) is 5.50. The lowest BCUT2D eigenvalue weighted by Crippen LogP contribution is -1.86. The first-order valence-corrected chi connectivity index (χ1v) is 3.60. The monoisotopic (exact) mass is 185 g/mol. The molecular formula is C7H6ClN3O. The highest BCUT2D eigenvalue weighted by Gasteiger charge is 2.03. The minimum atomic E-state index is -2.51. The summed E-state index contributed by atoms with van der Waals surface area (Å²) >= 11 is 5.72. The summed E-state index contributed by atoms with van der Waals surface area (Å²) in [6.07, 6.45) is 1.54. The maximum Gasteiger partial charge on any atom is 0.116 e. The Morgan fingerprint density at radius 3 is 3.33 bits per heavy atom. The van der Waals surface area contributed by atoms with Gasteiger partial charge in [0.05, 0.1) is 14.8 Å². The van der Waals surface area contributed by atoms with E-state index < -0.39 is 6.56 Å². The Labute approximate surface area is 76.2 Å². The summed E-state index contributed by atoms with van der Waals surface area (Å²) in [6.45, 7) is -2.51. The Kier molecular flexibility index (Phi) is 1.25. The van der Waals surface area contributed by atoms with Gasteiger partial charge < -0.3 is 5.11 Å². The van der Waals surface area contributed by atoms with Gasteiger partial charge in [-0.3, -0.25) is 0 Å². The van der Waals surface area contributed by atoms with Crippen molar-refractivity contribution in [2.24, 2.45) is 0 Å². The summed E-state index contributed by atoms with van der Waals surface area (Å²) in [5, 5.41) is 16.7. The molecule has 0 aliphatic heterocycles. The molecule has 0 radical (unpaired) electrons. The average molecular weight is 186 g/mol. The van der Waals surface area contributed by atoms with Crippen LogP contribution in [0.1, 0.15) is 8.44 Å². The van der Waals surface area contributed by atoms with Gasteiger partial charge in [0.15, 0.2) is 0 Å². The summed E-state index contributed by atoms with van der Waals surface area (Å²) in [5.74, 6) is 0. The van der Waals surface area contributed by atoms with Crippen LogP contribution in [0.3, 0.4) is 0 Å². The van der Waals surface area contributed by atoms with Crippen molar-refractivity contribution in [3.63, 3.8) is 0 Å². The number of aromatic nitrogens is 3. The Morgan fingerprint density at radius 1 is 1.75 bits per heavy atom. The first-order valence-electron chi connectivity index (χ1n) is 4.22. The second kappa shape index (κ2) is 2.73. The van der Waals surface area contributed by atoms with E-state index in [1.165, 1.54) is 10.6 Å². The zero-order chi connectivity index (χ0) is 10.3. The largest absolute Gasteiger partial charge is 0.390 e. The van der Waals surface area contributed by atoms with Crippen molar-refractivity contribution < 1.29 is 7.85 Å². The fourth-order valence-corrected chi connectivity index (χ4v) is 1.11. The number of halogens is 1. The van der Waals surface area contributed by atoms with E-state index in [0.717, 1.165) is 0 Å². The van der Waals surface area contributed by atoms with Crippen LogP contribution < -0.4 is 0 Å². The molecule has 2 rings (SSSR count). The third-order valence-corrected chi connectivity index (χ3v) is 1.72. The molecule has 0 bridgehead atoms. The summed E-state index contributed by atoms with van der Waals surface area (Å²) in [6, 6.07) is 3.09. The standard InChI is InChI=1S/C7H6ClN3O/c8-5-1-2-11-7(3-5)6(4-12)9-10-11/h1-3,12H,4H2/i4D2. The van der Waals surface area contributed by atoms with Gasteiger partial charge in [-0.25, -0.2) is 4.52 Å². The molecule has 12 heavy (non-hydrogen) atoms. The summed E-state index contributed by atoms with van der Waals surface area (Å²) in [4.78, 5) is 0. The minimum absolute atomic E-state index is 0.139. The van der Waals surface area contributed by atoms with Crippen LogP contribution in [0.4, 0.5) is 0 Å². The predicted molar refractivity (Wildman–Crippen MR) is 43.9 cm³/mol. The molecule has 0 saturated heterocycles. The Morgan fingerprint density at radius 2 is 2.58 bits per heavy atom. The van der Waals surface area contributed by atoms with Crippen LogP contribution in [0.2, 0.25) is 5.02 Å². The zero-order valence-electron chi connectivity index (χ0n) is 7.90. The molecule has 0 unspecified atom stereocenters. The van der Waals surface area contributed by atoms with Gasteiger partial charge in [0, 0.05) is 11.2 Å². The highest BCUT2D eigenvalue weighted by atomic mass is 35.5. The minimum Gasteiger partial charge on any atom is -0.390 e. The van der Waals surface area contributed by atoms with Gasteiger partial charge in [-0.1, -0.05) is 16.8 Å². The van der Waals surface area contributed by atoms with Gasteiger partial charge in [-0.05, 0) is 12.1 Å². The second-order valence-electron chi connectivity index (χ2n) is 2.22. The van der Waals surface area contributed by atoms with E-state index in [0.29, 0.717) is 10.5 Å². The van der Waals surface area contributed by atoms with Gasteiger partial charge in [-0.15, -0.1) is 5.10 Å². The molecule has 0 atom stereocenters. The number of aliphatic hydroxyl groups is 1. The topological polar surface area (TPSA) is 50.4 Å². The molecule has 0 saturated carbocycles. The van der Waals surface area contributed by atoms with E-state index in [1.54, 1.807) is 12.3 Å². The molecule has 1 N–H and O–H groups in total. The van der Waals surface area contributed by atoms with Crippen molar-refractivity contribution in [1.82, 2.24) is 14.8 Å². The van der Waals surface area contributed by atoms with Crippen molar-refractivity contribution in [3.05, 3.63) is 29.0 Å². The third kappa shape index (κ3) is 1.05. The van der Waals surface area contributed by atoms with Gasteiger partial charge in [0.1, 0.15) is 5.69 Å². The Balaban J connectivity index is 2.73. The third-order valence-electron chi connectivity index (χ3n) is 1.49. The smallest absolute Gasteiger partial charge is 0.116 e. The van der Waals surface area contributed by atoms with Crippen molar-refractivity contribution in [3.8, 4) is 0 Å². The number of nitrogens with zero attached hydrogens (tertiary/aromatic N) is 3. The number of hydrogen-bond donors (Lipinski definition) is 1. The molecule has 0 amide bonds. The van der Waals surface area contributed by atoms with Crippen LogP contribution in [0.15, 0.2) is 18.3 Å². The lowest BCUT2D eigenvalue weighted by Gasteiger charge is -1.92. The molecule has 2 aromatic heterocycles. The molecule has 2 heterocycles. The van der Waals surface area contributed by atoms with Gasteiger partial charge >= 0.3 is 0 Å². The fraction of sp³-hybridized carbons (Fsp3) is 0.143. The number of fused-ring (bicyclic) bond motifs is 1. The highest BCUT2D eigenvalue weighted by molar-refractivity contribution is 6.30. The molecule has 0 spiro atoms. The molecular weight excluding hydrogens is 178 g/mol. The Hall–Kier alpha value is -1.13. The molecule has 0 fully saturated rings. The number of pyridine rings is 1. The normalized spacial score (nSPS) is 14.5. The zero-order valence-corrected chi connectivity index (χ0v) is 6.65. The van der Waals surface area contributed by atoms with Crippen LogP contribution in [0, 0.1) is 0 Å². The van der Waals surface area contributed by atoms with Crippen molar-refractivity contribution in [1.29, 1.82) is 0 Å². The molecule has 2 aromatic rings. The summed E-state index contributed by atoms with van der Waals surface area (Å²) in [7, 11) is 0. The molecule has 0 aliphatic carbocycles. The predicted octanol–water partition coefficient (Wildman–Crippen LogP) is 0.875. The molecule has 0 aromatic carbocycles. The number of hydrogen-bond acceptors (Lipinski definition) is 3. The maximum atomic E-state index is 9.14. The van der Waals surface area contributed by atoms with Crippen LogP contribution in [0.5, 0.6) is 0 Å². The van der Waals surface area contributed by atoms with E-state index in [2.05, 4.69) is 10.3 Å². The van der Waals surface area contributed by atoms with E-state index in [9.17, 15) is 0 Å². The summed E-state index contributed by atoms with van der Waals surface area (Å²) < 4.78 is 15.6. The van der Waals surface area contributed by atoms with E-state index in [4.69, 9.17) is 19.4 Å². The van der Waals surface area contributed by atoms with Crippen molar-refractivity contribution in [2.45, 2.75) is 6.56 Å². The SMILES string of the molecule is [2H]C([2H])(O)c1nnn2ccc(Cl)cc12. The molecule has 62 valence electrons. The van der Waals surface area contributed by atoms with Gasteiger partial charge in [0.25, 0.3) is 0 Å². The van der Waals surface area contributed by atoms with E-state index >= 15 is 0 Å². The van der Waals surface area contributed by atoms with Gasteiger partial charge in [0.2, 0.25) is 0 Å². The van der Waals surface area contributed by atoms with Gasteiger partial charge in [-0.2, -0.15) is 0 Å². The lowest BCUT2D eigenvalue weighted by atomic mass is 10.3. The molecule has 4 nitrogen and oxygen atoms in total. The quantitative estimate of drug-likeness (QED) is 0.718. The van der Waals surface area contributed by atoms with Crippen LogP contribution >= 0.6 is 11.6 Å².